The van der Waals surface area contributed by atoms with Crippen LogP contribution < -0.4 is 5.32 Å². The molecule has 0 amide bonds. The maximum atomic E-state index is 9.18. The minimum Gasteiger partial charge on any atom is -0.395 e. The zero-order valence-electron chi connectivity index (χ0n) is 8.56. The Hall–Kier alpha value is -0.160. The van der Waals surface area contributed by atoms with Crippen LogP contribution in [0.4, 0.5) is 0 Å². The molecule has 14 heavy (non-hydrogen) atoms. The Morgan fingerprint density at radius 2 is 2.07 bits per heavy atom. The molecule has 0 aromatic rings. The molecule has 4 heteroatoms. The summed E-state index contributed by atoms with van der Waals surface area (Å²) < 4.78 is 11.7. The van der Waals surface area contributed by atoms with Crippen molar-refractivity contribution in [2.75, 3.05) is 6.61 Å². The summed E-state index contributed by atoms with van der Waals surface area (Å²) in [4.78, 5) is 0. The maximum Gasteiger partial charge on any atom is 0.163 e. The predicted molar refractivity (Wildman–Crippen MR) is 49.7 cm³/mol. The quantitative estimate of drug-likeness (QED) is 0.617. The fraction of sp³-hybridized carbons (Fsp3) is 1.00. The molecule has 2 N–H and O–H groups in total. The van der Waals surface area contributed by atoms with E-state index in [1.165, 1.54) is 0 Å². The predicted octanol–water partition coefficient (Wildman–Crippen LogP) is -0.141. The zero-order chi connectivity index (χ0) is 9.92. The van der Waals surface area contributed by atoms with E-state index in [9.17, 15) is 5.11 Å². The van der Waals surface area contributed by atoms with E-state index in [1.54, 1.807) is 0 Å². The van der Waals surface area contributed by atoms with Crippen LogP contribution in [0.1, 0.15) is 20.3 Å². The molecule has 3 fully saturated rings. The summed E-state index contributed by atoms with van der Waals surface area (Å²) >= 11 is 0. The summed E-state index contributed by atoms with van der Waals surface area (Å²) in [6.07, 6.45) is 1.46. The van der Waals surface area contributed by atoms with Crippen LogP contribution in [0.3, 0.4) is 0 Å². The van der Waals surface area contributed by atoms with E-state index in [0.29, 0.717) is 12.0 Å². The molecule has 1 saturated carbocycles. The molecule has 2 bridgehead atoms. The van der Waals surface area contributed by atoms with E-state index < -0.39 is 5.79 Å². The van der Waals surface area contributed by atoms with Gasteiger partial charge in [0.2, 0.25) is 0 Å². The minimum absolute atomic E-state index is 0.188. The van der Waals surface area contributed by atoms with Crippen molar-refractivity contribution >= 4 is 0 Å². The molecule has 2 aliphatic heterocycles. The molecule has 3 aliphatic rings. The summed E-state index contributed by atoms with van der Waals surface area (Å²) in [5.41, 5.74) is 0. The standard InChI is InChI=1S/C10H17NO3/c1-10(2)13-8-5-3-6(9(8)14-10)11-7(5)4-12/h5-9,11-12H,3-4H2,1-2H3/t5-,6-,7+,8-,9+/m1/s1. The van der Waals surface area contributed by atoms with Crippen LogP contribution in [0.2, 0.25) is 0 Å². The van der Waals surface area contributed by atoms with E-state index in [4.69, 9.17) is 9.47 Å². The fourth-order valence-electron chi connectivity index (χ4n) is 3.16. The van der Waals surface area contributed by atoms with Crippen molar-refractivity contribution in [2.24, 2.45) is 5.92 Å². The fourth-order valence-corrected chi connectivity index (χ4v) is 3.16. The highest BCUT2D eigenvalue weighted by atomic mass is 16.8. The number of ether oxygens (including phenoxy) is 2. The number of aliphatic hydroxyl groups is 1. The van der Waals surface area contributed by atoms with Crippen molar-refractivity contribution in [3.05, 3.63) is 0 Å². The van der Waals surface area contributed by atoms with Gasteiger partial charge in [0.1, 0.15) is 6.10 Å². The second kappa shape index (κ2) is 2.70. The Labute approximate surface area is 83.6 Å². The van der Waals surface area contributed by atoms with Crippen LogP contribution in [0.25, 0.3) is 0 Å². The number of nitrogens with one attached hydrogen (secondary N) is 1. The Kier molecular flexibility index (Phi) is 1.75. The van der Waals surface area contributed by atoms with Crippen LogP contribution in [0.5, 0.6) is 0 Å². The van der Waals surface area contributed by atoms with Gasteiger partial charge in [-0.25, -0.2) is 0 Å². The van der Waals surface area contributed by atoms with Crippen LogP contribution in [-0.4, -0.2) is 41.8 Å². The normalized spacial score (nSPS) is 53.8. The maximum absolute atomic E-state index is 9.18. The number of rotatable bonds is 1. The molecule has 0 aromatic carbocycles. The monoisotopic (exact) mass is 199 g/mol. The summed E-state index contributed by atoms with van der Waals surface area (Å²) in [6.45, 7) is 4.12. The van der Waals surface area contributed by atoms with E-state index >= 15 is 0 Å². The first kappa shape index (κ1) is 9.09. The molecule has 2 heterocycles. The molecule has 0 spiro atoms. The molecule has 0 aromatic heterocycles. The summed E-state index contributed by atoms with van der Waals surface area (Å²) in [7, 11) is 0. The molecule has 5 atom stereocenters. The molecular formula is C10H17NO3. The van der Waals surface area contributed by atoms with Crippen LogP contribution in [-0.2, 0) is 9.47 Å². The lowest BCUT2D eigenvalue weighted by atomic mass is 9.97. The third-order valence-corrected chi connectivity index (χ3v) is 3.65. The number of piperidine rings is 1. The molecule has 0 unspecified atom stereocenters. The van der Waals surface area contributed by atoms with E-state index in [1.807, 2.05) is 13.8 Å². The van der Waals surface area contributed by atoms with Crippen molar-refractivity contribution in [1.29, 1.82) is 0 Å². The Bertz CT molecular complexity index is 254. The first-order valence-corrected chi connectivity index (χ1v) is 5.33. The largest absolute Gasteiger partial charge is 0.395 e. The minimum atomic E-state index is -0.446. The highest BCUT2D eigenvalue weighted by molar-refractivity contribution is 5.11. The van der Waals surface area contributed by atoms with Gasteiger partial charge in [0.15, 0.2) is 5.79 Å². The Balaban J connectivity index is 1.82. The van der Waals surface area contributed by atoms with Crippen molar-refractivity contribution in [2.45, 2.75) is 50.3 Å². The molecule has 80 valence electrons. The van der Waals surface area contributed by atoms with Crippen LogP contribution in [0.15, 0.2) is 0 Å². The van der Waals surface area contributed by atoms with Crippen molar-refractivity contribution < 1.29 is 14.6 Å². The van der Waals surface area contributed by atoms with Gasteiger partial charge < -0.3 is 19.9 Å². The summed E-state index contributed by atoms with van der Waals surface area (Å²) in [5, 5.41) is 12.6. The summed E-state index contributed by atoms with van der Waals surface area (Å²) in [6, 6.07) is 0.586. The average molecular weight is 199 g/mol. The van der Waals surface area contributed by atoms with Gasteiger partial charge in [0.05, 0.1) is 12.7 Å². The van der Waals surface area contributed by atoms with Crippen molar-refractivity contribution in [3.8, 4) is 0 Å². The smallest absolute Gasteiger partial charge is 0.163 e. The van der Waals surface area contributed by atoms with E-state index in [2.05, 4.69) is 5.32 Å². The molecule has 2 saturated heterocycles. The van der Waals surface area contributed by atoms with Crippen molar-refractivity contribution in [3.63, 3.8) is 0 Å². The third kappa shape index (κ3) is 1.08. The average Bonchev–Trinajstić information content (AvgIpc) is 2.70. The van der Waals surface area contributed by atoms with Gasteiger partial charge in [0.25, 0.3) is 0 Å². The lowest BCUT2D eigenvalue weighted by molar-refractivity contribution is -0.155. The van der Waals surface area contributed by atoms with Crippen LogP contribution >= 0.6 is 0 Å². The summed E-state index contributed by atoms with van der Waals surface area (Å²) in [5.74, 6) is -0.0186. The molecule has 4 nitrogen and oxygen atoms in total. The lowest BCUT2D eigenvalue weighted by Gasteiger charge is -2.28. The van der Waals surface area contributed by atoms with Gasteiger partial charge >= 0.3 is 0 Å². The lowest BCUT2D eigenvalue weighted by Crippen LogP contribution is -2.51. The van der Waals surface area contributed by atoms with Crippen LogP contribution in [0, 0.1) is 5.92 Å². The number of aliphatic hydroxyl groups excluding tert-OH is 1. The number of fused-ring (bicyclic) bond motifs is 5. The van der Waals surface area contributed by atoms with Gasteiger partial charge in [0, 0.05) is 18.0 Å². The zero-order valence-corrected chi connectivity index (χ0v) is 8.56. The molecular weight excluding hydrogens is 182 g/mol. The van der Waals surface area contributed by atoms with Gasteiger partial charge in [-0.2, -0.15) is 0 Å². The van der Waals surface area contributed by atoms with Crippen molar-refractivity contribution in [1.82, 2.24) is 5.32 Å². The topological polar surface area (TPSA) is 50.7 Å². The van der Waals surface area contributed by atoms with Gasteiger partial charge in [-0.3, -0.25) is 0 Å². The SMILES string of the molecule is CC1(C)O[C@@H]2[C@@H]3C[C@@H](N[C@H]3CO)[C@@H]2O1. The Morgan fingerprint density at radius 3 is 2.79 bits per heavy atom. The second-order valence-electron chi connectivity index (χ2n) is 5.03. The Morgan fingerprint density at radius 1 is 1.36 bits per heavy atom. The number of hydrogen-bond donors (Lipinski definition) is 2. The molecule has 0 radical (unpaired) electrons. The molecule has 3 rings (SSSR count). The highest BCUT2D eigenvalue weighted by Gasteiger charge is 2.59. The van der Waals surface area contributed by atoms with E-state index in [0.717, 1.165) is 6.42 Å². The van der Waals surface area contributed by atoms with E-state index in [-0.39, 0.29) is 24.9 Å². The second-order valence-corrected chi connectivity index (χ2v) is 5.03. The van der Waals surface area contributed by atoms with Gasteiger partial charge in [-0.15, -0.1) is 0 Å². The number of hydrogen-bond acceptors (Lipinski definition) is 4. The van der Waals surface area contributed by atoms with Gasteiger partial charge in [-0.05, 0) is 20.3 Å². The van der Waals surface area contributed by atoms with Gasteiger partial charge in [-0.1, -0.05) is 0 Å². The molecule has 1 aliphatic carbocycles. The first-order valence-electron chi connectivity index (χ1n) is 5.33. The highest BCUT2D eigenvalue weighted by Crippen LogP contribution is 2.46. The third-order valence-electron chi connectivity index (χ3n) is 3.65. The first-order chi connectivity index (χ1) is 6.61.